The molecule has 0 aromatic carbocycles. The number of hydrogen-bond acceptors (Lipinski definition) is 3. The van der Waals surface area contributed by atoms with Crippen LogP contribution in [0.1, 0.15) is 51.9 Å². The van der Waals surface area contributed by atoms with Crippen LogP contribution in [0.25, 0.3) is 0 Å². The van der Waals surface area contributed by atoms with Gasteiger partial charge in [0.05, 0.1) is 5.92 Å². The van der Waals surface area contributed by atoms with Gasteiger partial charge >= 0.3 is 6.03 Å². The van der Waals surface area contributed by atoms with Gasteiger partial charge in [-0.3, -0.25) is 14.5 Å². The molecule has 1 aliphatic heterocycles. The monoisotopic (exact) mass is 385 g/mol. The van der Waals surface area contributed by atoms with Crippen LogP contribution in [-0.4, -0.2) is 65.7 Å². The summed E-state index contributed by atoms with van der Waals surface area (Å²) < 4.78 is 27.6. The minimum Gasteiger partial charge on any atom is -0.341 e. The Balaban J connectivity index is 1.61. The van der Waals surface area contributed by atoms with Crippen LogP contribution in [0.3, 0.4) is 0 Å². The molecule has 0 bridgehead atoms. The van der Waals surface area contributed by atoms with Crippen molar-refractivity contribution in [2.24, 2.45) is 11.8 Å². The first-order valence-corrected chi connectivity index (χ1v) is 9.95. The number of carbonyl (C=O) groups is 3. The van der Waals surface area contributed by atoms with Crippen molar-refractivity contribution in [3.63, 3.8) is 0 Å². The van der Waals surface area contributed by atoms with Gasteiger partial charge in [0.25, 0.3) is 0 Å². The summed E-state index contributed by atoms with van der Waals surface area (Å²) >= 11 is 0. The van der Waals surface area contributed by atoms with Gasteiger partial charge in [0, 0.05) is 31.5 Å². The molecule has 2 saturated carbocycles. The summed E-state index contributed by atoms with van der Waals surface area (Å²) in [6.07, 6.45) is 1.57. The lowest BCUT2D eigenvalue weighted by Crippen LogP contribution is -2.62. The van der Waals surface area contributed by atoms with E-state index in [0.29, 0.717) is 12.8 Å². The second kappa shape index (κ2) is 8.10. The number of rotatable bonds is 4. The third-order valence-electron chi connectivity index (χ3n) is 6.58. The maximum absolute atomic E-state index is 14.2. The number of nitrogens with zero attached hydrogens (tertiary/aromatic N) is 2. The summed E-state index contributed by atoms with van der Waals surface area (Å²) in [6, 6.07) is -1.09. The van der Waals surface area contributed by atoms with Crippen molar-refractivity contribution in [3.8, 4) is 0 Å². The van der Waals surface area contributed by atoms with Crippen molar-refractivity contribution in [3.05, 3.63) is 0 Å². The van der Waals surface area contributed by atoms with E-state index in [1.807, 2.05) is 0 Å². The van der Waals surface area contributed by atoms with Crippen molar-refractivity contribution < 1.29 is 23.2 Å². The molecule has 1 saturated heterocycles. The molecule has 0 aromatic rings. The van der Waals surface area contributed by atoms with E-state index in [0.717, 1.165) is 30.6 Å². The summed E-state index contributed by atoms with van der Waals surface area (Å²) in [4.78, 5) is 40.0. The predicted octanol–water partition coefficient (Wildman–Crippen LogP) is 2.42. The Bertz CT molecular complexity index is 603. The zero-order valence-corrected chi connectivity index (χ0v) is 16.0. The lowest BCUT2D eigenvalue weighted by atomic mass is 9.81. The van der Waals surface area contributed by atoms with Crippen LogP contribution in [0.5, 0.6) is 0 Å². The van der Waals surface area contributed by atoms with Gasteiger partial charge in [-0.25, -0.2) is 13.6 Å². The molecule has 6 nitrogen and oxygen atoms in total. The van der Waals surface area contributed by atoms with E-state index < -0.39 is 36.2 Å². The van der Waals surface area contributed by atoms with Crippen LogP contribution in [-0.2, 0) is 9.59 Å². The lowest BCUT2D eigenvalue weighted by Gasteiger charge is -2.41. The summed E-state index contributed by atoms with van der Waals surface area (Å²) in [5.74, 6) is -1.39. The Morgan fingerprint density at radius 1 is 1.22 bits per heavy atom. The number of likely N-dealkylation sites (N-methyl/N-ethyl adjacent to an activating group) is 1. The van der Waals surface area contributed by atoms with Crippen LogP contribution in [0.15, 0.2) is 0 Å². The quantitative estimate of drug-likeness (QED) is 0.808. The molecular formula is C19H29F2N3O3. The van der Waals surface area contributed by atoms with E-state index in [2.05, 4.69) is 5.32 Å². The zero-order valence-electron chi connectivity index (χ0n) is 16.0. The van der Waals surface area contributed by atoms with Crippen LogP contribution in [0.2, 0.25) is 0 Å². The molecule has 2 aliphatic carbocycles. The third kappa shape index (κ3) is 4.09. The SMILES string of the molecule is CC(C1CCC(F)CC1F)N(C)C(=O)CN1C(=O)NC2CCCCC2C1=O. The molecule has 1 N–H and O–H groups in total. The van der Waals surface area contributed by atoms with Gasteiger partial charge < -0.3 is 10.2 Å². The highest BCUT2D eigenvalue weighted by atomic mass is 19.1. The molecular weight excluding hydrogens is 356 g/mol. The molecule has 3 aliphatic rings. The molecule has 6 atom stereocenters. The average molecular weight is 385 g/mol. The molecule has 8 heteroatoms. The highest BCUT2D eigenvalue weighted by molar-refractivity contribution is 6.01. The maximum Gasteiger partial charge on any atom is 0.324 e. The number of amides is 4. The Hall–Kier alpha value is -1.73. The minimum atomic E-state index is -1.29. The average Bonchev–Trinajstić information content (AvgIpc) is 2.64. The summed E-state index contributed by atoms with van der Waals surface area (Å²) in [7, 11) is 1.55. The number of fused-ring (bicyclic) bond motifs is 1. The smallest absolute Gasteiger partial charge is 0.324 e. The molecule has 27 heavy (non-hydrogen) atoms. The molecule has 152 valence electrons. The number of alkyl halides is 2. The minimum absolute atomic E-state index is 0.132. The largest absolute Gasteiger partial charge is 0.341 e. The highest BCUT2D eigenvalue weighted by Crippen LogP contribution is 2.33. The van der Waals surface area contributed by atoms with Crippen LogP contribution < -0.4 is 5.32 Å². The van der Waals surface area contributed by atoms with E-state index in [4.69, 9.17) is 0 Å². The highest BCUT2D eigenvalue weighted by Gasteiger charge is 2.43. The molecule has 3 fully saturated rings. The Morgan fingerprint density at radius 2 is 1.93 bits per heavy atom. The van der Waals surface area contributed by atoms with Gasteiger partial charge in [0.2, 0.25) is 11.8 Å². The van der Waals surface area contributed by atoms with E-state index >= 15 is 0 Å². The lowest BCUT2D eigenvalue weighted by molar-refractivity contribution is -0.144. The van der Waals surface area contributed by atoms with Gasteiger partial charge in [0.1, 0.15) is 18.9 Å². The fourth-order valence-corrected chi connectivity index (χ4v) is 4.68. The number of carbonyl (C=O) groups excluding carboxylic acids is 3. The Labute approximate surface area is 158 Å². The van der Waals surface area contributed by atoms with E-state index in [1.54, 1.807) is 14.0 Å². The predicted molar refractivity (Wildman–Crippen MR) is 95.4 cm³/mol. The fourth-order valence-electron chi connectivity index (χ4n) is 4.68. The molecule has 0 aromatic heterocycles. The van der Waals surface area contributed by atoms with E-state index in [1.165, 1.54) is 4.90 Å². The number of nitrogens with one attached hydrogen (secondary N) is 1. The maximum atomic E-state index is 14.2. The molecule has 3 rings (SSSR count). The van der Waals surface area contributed by atoms with Crippen molar-refractivity contribution in [2.75, 3.05) is 13.6 Å². The zero-order chi connectivity index (χ0) is 19.7. The summed E-state index contributed by atoms with van der Waals surface area (Å²) in [5.41, 5.74) is 0. The van der Waals surface area contributed by atoms with Crippen LogP contribution in [0.4, 0.5) is 13.6 Å². The number of urea groups is 1. The molecule has 0 radical (unpaired) electrons. The number of hydrogen-bond donors (Lipinski definition) is 1. The first kappa shape index (κ1) is 20.0. The molecule has 1 heterocycles. The number of halogens is 2. The van der Waals surface area contributed by atoms with E-state index in [-0.39, 0.29) is 30.8 Å². The van der Waals surface area contributed by atoms with Crippen LogP contribution >= 0.6 is 0 Å². The molecule has 6 unspecified atom stereocenters. The van der Waals surface area contributed by atoms with Gasteiger partial charge in [-0.15, -0.1) is 0 Å². The third-order valence-corrected chi connectivity index (χ3v) is 6.58. The van der Waals surface area contributed by atoms with Crippen molar-refractivity contribution in [1.82, 2.24) is 15.1 Å². The second-order valence-electron chi connectivity index (χ2n) is 8.21. The first-order chi connectivity index (χ1) is 12.8. The van der Waals surface area contributed by atoms with Gasteiger partial charge in [0.15, 0.2) is 0 Å². The molecule has 0 spiro atoms. The van der Waals surface area contributed by atoms with Crippen molar-refractivity contribution in [1.29, 1.82) is 0 Å². The normalized spacial score (nSPS) is 35.3. The van der Waals surface area contributed by atoms with Crippen LogP contribution in [0, 0.1) is 11.8 Å². The van der Waals surface area contributed by atoms with E-state index in [9.17, 15) is 23.2 Å². The topological polar surface area (TPSA) is 69.7 Å². The molecule has 4 amide bonds. The first-order valence-electron chi connectivity index (χ1n) is 9.95. The van der Waals surface area contributed by atoms with Crippen molar-refractivity contribution in [2.45, 2.75) is 76.3 Å². The van der Waals surface area contributed by atoms with Crippen molar-refractivity contribution >= 4 is 17.8 Å². The Kier molecular flexibility index (Phi) is 6.01. The van der Waals surface area contributed by atoms with Gasteiger partial charge in [-0.1, -0.05) is 12.8 Å². The summed E-state index contributed by atoms with van der Waals surface area (Å²) in [6.45, 7) is 1.40. The second-order valence-corrected chi connectivity index (χ2v) is 8.21. The standard InChI is InChI=1S/C19H29F2N3O3/c1-11(13-8-7-12(20)9-15(13)21)23(2)17(25)10-24-18(26)14-5-3-4-6-16(14)22-19(24)27/h11-16H,3-10H2,1-2H3,(H,22,27). The summed E-state index contributed by atoms with van der Waals surface area (Å²) in [5, 5.41) is 2.84. The van der Waals surface area contributed by atoms with Gasteiger partial charge in [-0.2, -0.15) is 0 Å². The number of imide groups is 1. The van der Waals surface area contributed by atoms with Gasteiger partial charge in [-0.05, 0) is 32.6 Å². The fraction of sp³-hybridized carbons (Fsp3) is 0.842. The Morgan fingerprint density at radius 3 is 2.63 bits per heavy atom.